The van der Waals surface area contributed by atoms with Crippen molar-refractivity contribution in [1.82, 2.24) is 4.98 Å². The summed E-state index contributed by atoms with van der Waals surface area (Å²) in [5.74, 6) is 0.00617. The molecule has 1 aromatic heterocycles. The predicted molar refractivity (Wildman–Crippen MR) is 129 cm³/mol. The monoisotopic (exact) mass is 489 g/mol. The Labute approximate surface area is 198 Å². The van der Waals surface area contributed by atoms with Gasteiger partial charge in [-0.05, 0) is 71.5 Å². The van der Waals surface area contributed by atoms with Gasteiger partial charge in [0.15, 0.2) is 9.84 Å². The molecule has 2 N–H and O–H groups in total. The molecular weight excluding hydrogens is 465 g/mol. The van der Waals surface area contributed by atoms with Crippen LogP contribution in [-0.4, -0.2) is 61.5 Å². The highest BCUT2D eigenvalue weighted by atomic mass is 35.5. The van der Waals surface area contributed by atoms with Crippen LogP contribution in [0.2, 0.25) is 11.3 Å². The SMILES string of the molecule is COCC1=C2[C@@H](CC/C(=C/c3ccc(O)cc3Cl)c3ccccn3)OB(O)C[C@@H]2S(=O)(=O)C1. The number of rotatable bonds is 7. The number of ether oxygens (including phenoxy) is 1. The molecule has 0 radical (unpaired) electrons. The van der Waals surface area contributed by atoms with Crippen molar-refractivity contribution in [3.63, 3.8) is 0 Å². The van der Waals surface area contributed by atoms with Crippen molar-refractivity contribution >= 4 is 40.2 Å². The zero-order valence-corrected chi connectivity index (χ0v) is 19.7. The Morgan fingerprint density at radius 2 is 2.18 bits per heavy atom. The van der Waals surface area contributed by atoms with Crippen LogP contribution in [0.25, 0.3) is 11.6 Å². The number of methoxy groups -OCH3 is 1. The lowest BCUT2D eigenvalue weighted by Crippen LogP contribution is -2.42. The smallest absolute Gasteiger partial charge is 0.456 e. The van der Waals surface area contributed by atoms with Gasteiger partial charge in [0.25, 0.3) is 0 Å². The molecule has 2 aliphatic rings. The van der Waals surface area contributed by atoms with Gasteiger partial charge >= 0.3 is 7.12 Å². The van der Waals surface area contributed by atoms with E-state index in [-0.39, 0.29) is 24.4 Å². The van der Waals surface area contributed by atoms with Crippen molar-refractivity contribution in [3.05, 3.63) is 70.0 Å². The fourth-order valence-electron chi connectivity index (χ4n) is 4.52. The van der Waals surface area contributed by atoms with Gasteiger partial charge in [0.05, 0.1) is 34.4 Å². The summed E-state index contributed by atoms with van der Waals surface area (Å²) >= 11 is 6.32. The number of nitrogens with zero attached hydrogens (tertiary/aromatic N) is 1. The maximum Gasteiger partial charge on any atom is 0.456 e. The number of phenols is 1. The zero-order chi connectivity index (χ0) is 23.6. The van der Waals surface area contributed by atoms with Crippen LogP contribution >= 0.6 is 11.6 Å². The number of hydrogen-bond donors (Lipinski definition) is 2. The first-order valence-electron chi connectivity index (χ1n) is 10.6. The van der Waals surface area contributed by atoms with Crippen LogP contribution < -0.4 is 0 Å². The second-order valence-electron chi connectivity index (χ2n) is 8.23. The van der Waals surface area contributed by atoms with Crippen molar-refractivity contribution in [2.24, 2.45) is 0 Å². The molecule has 3 heterocycles. The average molecular weight is 490 g/mol. The normalized spacial score (nSPS) is 22.5. The predicted octanol–water partition coefficient (Wildman–Crippen LogP) is 3.38. The van der Waals surface area contributed by atoms with Crippen LogP contribution in [0.4, 0.5) is 0 Å². The van der Waals surface area contributed by atoms with Crippen LogP contribution in [0.15, 0.2) is 53.7 Å². The van der Waals surface area contributed by atoms with Crippen LogP contribution in [0.3, 0.4) is 0 Å². The van der Waals surface area contributed by atoms with Crippen molar-refractivity contribution < 1.29 is 27.9 Å². The summed E-state index contributed by atoms with van der Waals surface area (Å²) in [7, 11) is -3.01. The number of aromatic nitrogens is 1. The Morgan fingerprint density at radius 3 is 2.88 bits per heavy atom. The average Bonchev–Trinajstić information content (AvgIpc) is 3.03. The molecule has 4 rings (SSSR count). The van der Waals surface area contributed by atoms with Gasteiger partial charge in [0.1, 0.15) is 5.75 Å². The molecule has 0 aliphatic carbocycles. The van der Waals surface area contributed by atoms with Crippen molar-refractivity contribution in [2.45, 2.75) is 30.5 Å². The Bertz CT molecular complexity index is 1180. The topological polar surface area (TPSA) is 106 Å². The molecular formula is C23H25BClNO6S. The second-order valence-corrected chi connectivity index (χ2v) is 10.8. The molecule has 174 valence electrons. The van der Waals surface area contributed by atoms with E-state index >= 15 is 0 Å². The third-order valence-electron chi connectivity index (χ3n) is 5.95. The summed E-state index contributed by atoms with van der Waals surface area (Å²) < 4.78 is 36.5. The van der Waals surface area contributed by atoms with Crippen molar-refractivity contribution in [3.8, 4) is 5.75 Å². The summed E-state index contributed by atoms with van der Waals surface area (Å²) in [6.07, 6.45) is 4.03. The third kappa shape index (κ3) is 5.33. The molecule has 33 heavy (non-hydrogen) atoms. The minimum Gasteiger partial charge on any atom is -0.508 e. The molecule has 0 amide bonds. The lowest BCUT2D eigenvalue weighted by Gasteiger charge is -2.32. The van der Waals surface area contributed by atoms with Gasteiger partial charge < -0.3 is 19.5 Å². The quantitative estimate of drug-likeness (QED) is 0.453. The van der Waals surface area contributed by atoms with E-state index in [0.29, 0.717) is 29.0 Å². The molecule has 1 fully saturated rings. The van der Waals surface area contributed by atoms with Gasteiger partial charge in [-0.3, -0.25) is 4.98 Å². The van der Waals surface area contributed by atoms with E-state index in [1.165, 1.54) is 13.2 Å². The Balaban J connectivity index is 1.66. The van der Waals surface area contributed by atoms with Crippen molar-refractivity contribution in [2.75, 3.05) is 19.5 Å². The molecule has 2 aromatic rings. The number of fused-ring (bicyclic) bond motifs is 1. The van der Waals surface area contributed by atoms with Gasteiger partial charge in [0, 0.05) is 19.6 Å². The molecule has 2 atom stereocenters. The third-order valence-corrected chi connectivity index (χ3v) is 8.34. The minimum absolute atomic E-state index is 0.0352. The molecule has 7 nitrogen and oxygen atoms in total. The molecule has 0 bridgehead atoms. The highest BCUT2D eigenvalue weighted by Crippen LogP contribution is 2.40. The fraction of sp³-hybridized carbons (Fsp3) is 0.348. The zero-order valence-electron chi connectivity index (χ0n) is 18.1. The van der Waals surface area contributed by atoms with E-state index in [2.05, 4.69) is 4.98 Å². The number of sulfone groups is 1. The van der Waals surface area contributed by atoms with Gasteiger partial charge in [0.2, 0.25) is 0 Å². The molecule has 2 aliphatic heterocycles. The van der Waals surface area contributed by atoms with E-state index in [9.17, 15) is 18.5 Å². The lowest BCUT2D eigenvalue weighted by molar-refractivity contribution is 0.167. The Kier molecular flexibility index (Phi) is 7.26. The first-order valence-corrected chi connectivity index (χ1v) is 12.7. The van der Waals surface area contributed by atoms with Crippen LogP contribution in [0, 0.1) is 0 Å². The number of hydrogen-bond acceptors (Lipinski definition) is 7. The van der Waals surface area contributed by atoms with Crippen LogP contribution in [0.5, 0.6) is 5.75 Å². The van der Waals surface area contributed by atoms with Crippen LogP contribution in [-0.2, 0) is 19.2 Å². The molecule has 0 unspecified atom stereocenters. The summed E-state index contributed by atoms with van der Waals surface area (Å²) in [4.78, 5) is 4.46. The fourth-order valence-corrected chi connectivity index (χ4v) is 6.84. The maximum atomic E-state index is 12.7. The lowest BCUT2D eigenvalue weighted by atomic mass is 9.74. The van der Waals surface area contributed by atoms with E-state index in [4.69, 9.17) is 21.0 Å². The molecule has 1 saturated heterocycles. The molecule has 10 heteroatoms. The highest BCUT2D eigenvalue weighted by Gasteiger charge is 2.48. The maximum absolute atomic E-state index is 12.7. The van der Waals surface area contributed by atoms with Crippen LogP contribution in [0.1, 0.15) is 24.1 Å². The van der Waals surface area contributed by atoms with Gasteiger partial charge in [-0.15, -0.1) is 0 Å². The summed E-state index contributed by atoms with van der Waals surface area (Å²) in [5.41, 5.74) is 3.77. The van der Waals surface area contributed by atoms with Gasteiger partial charge in [-0.1, -0.05) is 17.7 Å². The van der Waals surface area contributed by atoms with Gasteiger partial charge in [-0.25, -0.2) is 8.42 Å². The number of benzene rings is 1. The summed E-state index contributed by atoms with van der Waals surface area (Å²) in [6.45, 7) is 0.215. The number of allylic oxidation sites excluding steroid dienone is 1. The molecule has 0 saturated carbocycles. The van der Waals surface area contributed by atoms with E-state index < -0.39 is 28.3 Å². The van der Waals surface area contributed by atoms with Crippen molar-refractivity contribution in [1.29, 1.82) is 0 Å². The first-order chi connectivity index (χ1) is 15.8. The van der Waals surface area contributed by atoms with E-state index in [1.807, 2.05) is 24.3 Å². The summed E-state index contributed by atoms with van der Waals surface area (Å²) in [5, 5.41) is 19.6. The number of halogens is 1. The molecule has 0 spiro atoms. The minimum atomic E-state index is -3.40. The van der Waals surface area contributed by atoms with Gasteiger partial charge in [-0.2, -0.15) is 0 Å². The standard InChI is InChI=1S/C23H25BClNO6S/c1-31-13-17-14-33(29,30)22-12-24(28)32-21(23(17)22)8-6-16(20-4-2-3-9-26-20)10-15-5-7-18(27)11-19(15)25/h2-5,7,9-11,21-22,27-28H,6,8,12-14H2,1H3/b16-10-/t21-,22+/m1/s1. The van der Waals surface area contributed by atoms with E-state index in [1.54, 1.807) is 18.3 Å². The Morgan fingerprint density at radius 1 is 1.36 bits per heavy atom. The number of phenolic OH excluding ortho intramolecular Hbond substituents is 1. The first kappa shape index (κ1) is 24.0. The van der Waals surface area contributed by atoms with E-state index in [0.717, 1.165) is 16.8 Å². The number of pyridine rings is 1. The Hall–Kier alpha value is -2.17. The second kappa shape index (κ2) is 9.99. The summed E-state index contributed by atoms with van der Waals surface area (Å²) in [6, 6.07) is 10.3. The molecule has 1 aromatic carbocycles. The number of aromatic hydroxyl groups is 1. The largest absolute Gasteiger partial charge is 0.508 e. The highest BCUT2D eigenvalue weighted by molar-refractivity contribution is 7.92.